The molecule has 6 heterocycles. The maximum absolute atomic E-state index is 13.9. The van der Waals surface area contributed by atoms with Gasteiger partial charge in [0.25, 0.3) is 0 Å². The van der Waals surface area contributed by atoms with Crippen molar-refractivity contribution in [3.05, 3.63) is 41.5 Å². The van der Waals surface area contributed by atoms with E-state index in [4.69, 9.17) is 4.74 Å². The number of nitrogens with one attached hydrogen (secondary N) is 4. The molecule has 2 spiro atoms. The van der Waals surface area contributed by atoms with Crippen molar-refractivity contribution in [1.29, 1.82) is 0 Å². The smallest absolute Gasteiger partial charge is 0.249 e. The topological polar surface area (TPSA) is 104 Å². The summed E-state index contributed by atoms with van der Waals surface area (Å²) in [6.45, 7) is 4.24. The summed E-state index contributed by atoms with van der Waals surface area (Å²) >= 11 is 0. The SMILES string of the molecule is CN1Cc2cc(NC3NCC4C(=O)N5C/C=C\CC6(CC6)CN6C(=O)COC7CCC(NC76)N5C4N3)ccc2C2(CC2)C1. The van der Waals surface area contributed by atoms with Crippen LogP contribution in [0.25, 0.3) is 0 Å². The van der Waals surface area contributed by atoms with E-state index in [1.54, 1.807) is 0 Å². The Kier molecular flexibility index (Phi) is 6.07. The van der Waals surface area contributed by atoms with Crippen LogP contribution in [0.5, 0.6) is 0 Å². The molecular weight excluding hydrogens is 544 g/mol. The molecular formula is C32H44N8O3. The van der Waals surface area contributed by atoms with Gasteiger partial charge in [-0.25, -0.2) is 0 Å². The van der Waals surface area contributed by atoms with E-state index in [0.717, 1.165) is 57.4 Å². The third kappa shape index (κ3) is 4.46. The third-order valence-electron chi connectivity index (χ3n) is 11.5. The number of carbonyl (C=O) groups excluding carboxylic acids is 2. The first kappa shape index (κ1) is 26.8. The molecule has 8 aliphatic rings. The van der Waals surface area contributed by atoms with E-state index in [0.29, 0.717) is 18.5 Å². The summed E-state index contributed by atoms with van der Waals surface area (Å²) in [5.74, 6) is 0.0229. The van der Waals surface area contributed by atoms with E-state index >= 15 is 0 Å². The Morgan fingerprint density at radius 3 is 2.74 bits per heavy atom. The fourth-order valence-corrected chi connectivity index (χ4v) is 8.92. The maximum Gasteiger partial charge on any atom is 0.249 e. The summed E-state index contributed by atoms with van der Waals surface area (Å²) in [7, 11) is 2.23. The lowest BCUT2D eigenvalue weighted by Gasteiger charge is -2.51. The highest BCUT2D eigenvalue weighted by atomic mass is 16.5. The standard InChI is InChI=1S/C32H44N8O3/c1-37-16-20-14-21(4-5-23(20)32(19-37)11-12-32)34-30-33-15-22-27(36-30)40-25-7-6-24-28(35-25)38(26(41)17-43-24)18-31(9-10-31)8-2-3-13-39(40)29(22)42/h2-5,14,22,24-25,27-28,30,33-36H,6-13,15-19H2,1H3/b3-2-. The first-order valence-corrected chi connectivity index (χ1v) is 16.4. The number of piperidine rings is 1. The highest BCUT2D eigenvalue weighted by Crippen LogP contribution is 2.53. The van der Waals surface area contributed by atoms with Crippen LogP contribution in [-0.2, 0) is 26.3 Å². The quantitative estimate of drug-likeness (QED) is 0.378. The number of benzene rings is 1. The lowest BCUT2D eigenvalue weighted by molar-refractivity contribution is -0.178. The molecule has 230 valence electrons. The van der Waals surface area contributed by atoms with E-state index < -0.39 is 0 Å². The molecule has 4 N–H and O–H groups in total. The number of allylic oxidation sites excluding steroid dienone is 1. The monoisotopic (exact) mass is 588 g/mol. The van der Waals surface area contributed by atoms with Crippen LogP contribution in [0.1, 0.15) is 56.1 Å². The highest BCUT2D eigenvalue weighted by Gasteiger charge is 2.55. The summed E-state index contributed by atoms with van der Waals surface area (Å²) in [6.07, 6.45) is 11.3. The van der Waals surface area contributed by atoms with Crippen LogP contribution in [0.15, 0.2) is 30.4 Å². The Balaban J connectivity index is 0.982. The molecule has 6 unspecified atom stereocenters. The summed E-state index contributed by atoms with van der Waals surface area (Å²) in [6, 6.07) is 6.87. The Morgan fingerprint density at radius 1 is 1.02 bits per heavy atom. The third-order valence-corrected chi connectivity index (χ3v) is 11.5. The van der Waals surface area contributed by atoms with Gasteiger partial charge in [0.1, 0.15) is 19.1 Å². The molecule has 6 atom stereocenters. The number of morpholine rings is 1. The van der Waals surface area contributed by atoms with Gasteiger partial charge in [0.2, 0.25) is 11.8 Å². The number of carbonyl (C=O) groups is 2. The Labute approximate surface area is 253 Å². The second kappa shape index (κ2) is 9.73. The van der Waals surface area contributed by atoms with Gasteiger partial charge in [-0.05, 0) is 80.7 Å². The minimum Gasteiger partial charge on any atom is -0.365 e. The van der Waals surface area contributed by atoms with Gasteiger partial charge in [0.15, 0.2) is 0 Å². The van der Waals surface area contributed by atoms with E-state index in [9.17, 15) is 9.59 Å². The van der Waals surface area contributed by atoms with Gasteiger partial charge in [-0.15, -0.1) is 0 Å². The summed E-state index contributed by atoms with van der Waals surface area (Å²) < 4.78 is 6.04. The van der Waals surface area contributed by atoms with Crippen LogP contribution in [0.2, 0.25) is 0 Å². The molecule has 1 aromatic carbocycles. The second-order valence-electron chi connectivity index (χ2n) is 14.6. The summed E-state index contributed by atoms with van der Waals surface area (Å²) in [5.41, 5.74) is 4.57. The van der Waals surface area contributed by atoms with Gasteiger partial charge in [-0.1, -0.05) is 18.2 Å². The second-order valence-corrected chi connectivity index (χ2v) is 14.6. The molecule has 6 aliphatic heterocycles. The Morgan fingerprint density at radius 2 is 1.91 bits per heavy atom. The first-order chi connectivity index (χ1) is 20.9. The predicted octanol–water partition coefficient (Wildman–Crippen LogP) is 1.06. The zero-order valence-electron chi connectivity index (χ0n) is 25.1. The molecule has 1 aromatic rings. The minimum absolute atomic E-state index is 0.0148. The number of amides is 2. The average molecular weight is 589 g/mol. The minimum atomic E-state index is -0.196. The molecule has 43 heavy (non-hydrogen) atoms. The molecule has 2 amide bonds. The normalized spacial score (nSPS) is 38.5. The van der Waals surface area contributed by atoms with Gasteiger partial charge in [-0.3, -0.25) is 30.5 Å². The average Bonchev–Trinajstić information content (AvgIpc) is 3.92. The van der Waals surface area contributed by atoms with Gasteiger partial charge < -0.3 is 19.9 Å². The number of rotatable bonds is 2. The number of ether oxygens (including phenoxy) is 1. The summed E-state index contributed by atoms with van der Waals surface area (Å²) in [4.78, 5) is 31.5. The van der Waals surface area contributed by atoms with Gasteiger partial charge in [-0.2, -0.15) is 5.01 Å². The molecule has 2 saturated carbocycles. The first-order valence-electron chi connectivity index (χ1n) is 16.4. The van der Waals surface area contributed by atoms with Crippen LogP contribution >= 0.6 is 0 Å². The number of hydrogen-bond donors (Lipinski definition) is 4. The van der Waals surface area contributed by atoms with Gasteiger partial charge >= 0.3 is 0 Å². The lowest BCUT2D eigenvalue weighted by atomic mass is 9.87. The molecule has 2 bridgehead atoms. The van der Waals surface area contributed by atoms with Crippen LogP contribution in [0.3, 0.4) is 0 Å². The lowest BCUT2D eigenvalue weighted by Crippen LogP contribution is -2.72. The van der Waals surface area contributed by atoms with Crippen molar-refractivity contribution in [3.63, 3.8) is 0 Å². The molecule has 0 radical (unpaired) electrons. The van der Waals surface area contributed by atoms with Crippen molar-refractivity contribution >= 4 is 17.5 Å². The molecule has 4 saturated heterocycles. The predicted molar refractivity (Wildman–Crippen MR) is 160 cm³/mol. The summed E-state index contributed by atoms with van der Waals surface area (Å²) in [5, 5.41) is 19.0. The fraction of sp³-hybridized carbons (Fsp3) is 0.688. The van der Waals surface area contributed by atoms with Crippen molar-refractivity contribution < 1.29 is 14.3 Å². The molecule has 2 aliphatic carbocycles. The Bertz CT molecular complexity index is 1360. The molecule has 9 rings (SSSR count). The van der Waals surface area contributed by atoms with E-state index in [2.05, 4.69) is 73.5 Å². The molecule has 6 fully saturated rings. The number of likely N-dealkylation sites (N-methyl/N-ethyl adjacent to an activating group) is 1. The number of anilines is 1. The van der Waals surface area contributed by atoms with E-state index in [1.165, 1.54) is 24.0 Å². The van der Waals surface area contributed by atoms with Crippen molar-refractivity contribution in [1.82, 2.24) is 35.8 Å². The van der Waals surface area contributed by atoms with Gasteiger partial charge in [0.05, 0.1) is 30.9 Å². The number of hydrazine groups is 1. The van der Waals surface area contributed by atoms with Crippen molar-refractivity contribution in [2.24, 2.45) is 11.3 Å². The number of fused-ring (bicyclic) bond motifs is 7. The van der Waals surface area contributed by atoms with Crippen molar-refractivity contribution in [2.45, 2.75) is 87.8 Å². The van der Waals surface area contributed by atoms with E-state index in [1.807, 2.05) is 5.01 Å². The van der Waals surface area contributed by atoms with Crippen molar-refractivity contribution in [3.8, 4) is 0 Å². The fourth-order valence-electron chi connectivity index (χ4n) is 8.92. The van der Waals surface area contributed by atoms with Crippen LogP contribution in [-0.4, -0.2) is 102 Å². The maximum atomic E-state index is 13.9. The van der Waals surface area contributed by atoms with Crippen LogP contribution in [0, 0.1) is 11.3 Å². The van der Waals surface area contributed by atoms with Crippen molar-refractivity contribution in [2.75, 3.05) is 45.2 Å². The zero-order chi connectivity index (χ0) is 28.9. The van der Waals surface area contributed by atoms with Gasteiger partial charge in [0, 0.05) is 37.3 Å². The zero-order valence-corrected chi connectivity index (χ0v) is 25.1. The largest absolute Gasteiger partial charge is 0.365 e. The molecule has 11 nitrogen and oxygen atoms in total. The highest BCUT2D eigenvalue weighted by molar-refractivity contribution is 5.82. The van der Waals surface area contributed by atoms with Crippen LogP contribution < -0.4 is 21.3 Å². The van der Waals surface area contributed by atoms with E-state index in [-0.39, 0.29) is 60.6 Å². The number of nitrogens with zero attached hydrogens (tertiary/aromatic N) is 4. The molecule has 11 heteroatoms. The number of hydrogen-bond acceptors (Lipinski definition) is 9. The van der Waals surface area contributed by atoms with Crippen LogP contribution in [0.4, 0.5) is 5.69 Å². The Hall–Kier alpha value is -2.54. The molecule has 0 aromatic heterocycles.